The minimum atomic E-state index is 0.294. The van der Waals surface area contributed by atoms with Crippen molar-refractivity contribution in [2.24, 2.45) is 11.7 Å². The van der Waals surface area contributed by atoms with Gasteiger partial charge in [-0.25, -0.2) is 0 Å². The lowest BCUT2D eigenvalue weighted by Gasteiger charge is -2.28. The predicted molar refractivity (Wildman–Crippen MR) is 82.7 cm³/mol. The molecule has 0 saturated heterocycles. The molecule has 2 N–H and O–H groups in total. The number of hydrogen-bond acceptors (Lipinski definition) is 2. The van der Waals surface area contributed by atoms with Crippen LogP contribution in [0.25, 0.3) is 0 Å². The van der Waals surface area contributed by atoms with Crippen LogP contribution in [0, 0.1) is 5.92 Å². The van der Waals surface area contributed by atoms with Crippen LogP contribution in [-0.2, 0) is 0 Å². The van der Waals surface area contributed by atoms with Crippen LogP contribution in [0.5, 0.6) is 0 Å². The van der Waals surface area contributed by atoms with Crippen LogP contribution in [0.3, 0.4) is 0 Å². The number of nitrogens with two attached hydrogens (primary N) is 1. The molecule has 0 amide bonds. The first-order valence-corrected chi connectivity index (χ1v) is 6.95. The van der Waals surface area contributed by atoms with Gasteiger partial charge in [-0.2, -0.15) is 0 Å². The molecule has 0 spiro atoms. The second-order valence-corrected chi connectivity index (χ2v) is 5.78. The zero-order valence-electron chi connectivity index (χ0n) is 11.6. The van der Waals surface area contributed by atoms with Gasteiger partial charge in [-0.1, -0.05) is 56.4 Å². The van der Waals surface area contributed by atoms with Crippen LogP contribution >= 0.6 is 12.2 Å². The molecular weight excluding hydrogens is 240 g/mol. The number of hydrogen-bond donors (Lipinski definition) is 1. The Balaban J connectivity index is 2.75. The van der Waals surface area contributed by atoms with Crippen LogP contribution in [0.15, 0.2) is 30.3 Å². The fourth-order valence-corrected chi connectivity index (χ4v) is 2.17. The van der Waals surface area contributed by atoms with E-state index in [1.54, 1.807) is 0 Å². The summed E-state index contributed by atoms with van der Waals surface area (Å²) in [5.74, 6) is 0.716. The largest absolute Gasteiger partial charge is 0.393 e. The van der Waals surface area contributed by atoms with Gasteiger partial charge in [-0.15, -0.1) is 0 Å². The summed E-state index contributed by atoms with van der Waals surface area (Å²) in [6.07, 6.45) is 1.94. The summed E-state index contributed by atoms with van der Waals surface area (Å²) >= 11 is 5.08. The van der Waals surface area contributed by atoms with E-state index in [0.717, 1.165) is 13.0 Å². The van der Waals surface area contributed by atoms with Gasteiger partial charge in [-0.3, -0.25) is 4.90 Å². The van der Waals surface area contributed by atoms with Gasteiger partial charge in [0.15, 0.2) is 0 Å². The zero-order chi connectivity index (χ0) is 13.5. The third kappa shape index (κ3) is 5.15. The molecule has 0 heterocycles. The molecule has 2 nitrogen and oxygen atoms in total. The summed E-state index contributed by atoms with van der Waals surface area (Å²) in [7, 11) is 2.15. The number of thiocarbonyl (C=S) groups is 1. The molecule has 100 valence electrons. The van der Waals surface area contributed by atoms with Crippen molar-refractivity contribution in [3.05, 3.63) is 35.9 Å². The zero-order valence-corrected chi connectivity index (χ0v) is 12.4. The molecule has 0 bridgehead atoms. The Morgan fingerprint density at radius 2 is 1.89 bits per heavy atom. The van der Waals surface area contributed by atoms with Crippen molar-refractivity contribution in [1.82, 2.24) is 4.90 Å². The predicted octanol–water partition coefficient (Wildman–Crippen LogP) is 3.38. The summed E-state index contributed by atoms with van der Waals surface area (Å²) in [4.78, 5) is 2.94. The van der Waals surface area contributed by atoms with Crippen molar-refractivity contribution < 1.29 is 0 Å². The van der Waals surface area contributed by atoms with E-state index < -0.39 is 0 Å². The molecule has 0 radical (unpaired) electrons. The van der Waals surface area contributed by atoms with Crippen molar-refractivity contribution in [2.45, 2.75) is 32.7 Å². The summed E-state index contributed by atoms with van der Waals surface area (Å²) in [6.45, 7) is 5.57. The van der Waals surface area contributed by atoms with E-state index in [9.17, 15) is 0 Å². The summed E-state index contributed by atoms with van der Waals surface area (Å²) < 4.78 is 0. The lowest BCUT2D eigenvalue weighted by molar-refractivity contribution is 0.236. The highest BCUT2D eigenvalue weighted by Crippen LogP contribution is 2.23. The maximum absolute atomic E-state index is 5.73. The number of benzene rings is 1. The minimum Gasteiger partial charge on any atom is -0.393 e. The Morgan fingerprint density at radius 3 is 2.39 bits per heavy atom. The molecule has 1 aromatic rings. The monoisotopic (exact) mass is 264 g/mol. The lowest BCUT2D eigenvalue weighted by atomic mass is 10.0. The Labute approximate surface area is 116 Å². The Morgan fingerprint density at radius 1 is 1.28 bits per heavy atom. The molecule has 0 fully saturated rings. The molecule has 0 aliphatic carbocycles. The average Bonchev–Trinajstić information content (AvgIpc) is 2.34. The highest BCUT2D eigenvalue weighted by molar-refractivity contribution is 7.80. The Hall–Kier alpha value is -0.930. The molecule has 0 saturated carbocycles. The van der Waals surface area contributed by atoms with Crippen molar-refractivity contribution in [1.29, 1.82) is 0 Å². The van der Waals surface area contributed by atoms with E-state index in [-0.39, 0.29) is 0 Å². The smallest absolute Gasteiger partial charge is 0.0746 e. The van der Waals surface area contributed by atoms with Crippen molar-refractivity contribution >= 4 is 17.2 Å². The van der Waals surface area contributed by atoms with E-state index in [1.807, 2.05) is 6.07 Å². The standard InChI is InChI=1S/C15H24N2S/c1-12(2)9-10-17(3)14(11-15(16)18)13-7-5-4-6-8-13/h4-8,12,14H,9-11H2,1-3H3,(H2,16,18). The summed E-state index contributed by atoms with van der Waals surface area (Å²) in [6, 6.07) is 10.8. The molecule has 1 atom stereocenters. The molecule has 0 aromatic heterocycles. The van der Waals surface area contributed by atoms with Crippen molar-refractivity contribution in [3.8, 4) is 0 Å². The summed E-state index contributed by atoms with van der Waals surface area (Å²) in [5.41, 5.74) is 7.02. The van der Waals surface area contributed by atoms with Gasteiger partial charge in [0.2, 0.25) is 0 Å². The first-order valence-electron chi connectivity index (χ1n) is 6.54. The van der Waals surface area contributed by atoms with Gasteiger partial charge in [0.25, 0.3) is 0 Å². The Bertz CT molecular complexity index is 362. The molecule has 1 aromatic carbocycles. The molecule has 0 aliphatic rings. The molecule has 18 heavy (non-hydrogen) atoms. The van der Waals surface area contributed by atoms with Crippen molar-refractivity contribution in [2.75, 3.05) is 13.6 Å². The van der Waals surface area contributed by atoms with Gasteiger partial charge in [0.05, 0.1) is 4.99 Å². The quantitative estimate of drug-likeness (QED) is 0.766. The van der Waals surface area contributed by atoms with E-state index >= 15 is 0 Å². The maximum Gasteiger partial charge on any atom is 0.0746 e. The lowest BCUT2D eigenvalue weighted by Crippen LogP contribution is -2.29. The van der Waals surface area contributed by atoms with Crippen molar-refractivity contribution in [3.63, 3.8) is 0 Å². The third-order valence-electron chi connectivity index (χ3n) is 3.17. The molecule has 1 rings (SSSR count). The van der Waals surface area contributed by atoms with E-state index in [0.29, 0.717) is 16.9 Å². The maximum atomic E-state index is 5.73. The van der Waals surface area contributed by atoms with Gasteiger partial charge in [0.1, 0.15) is 0 Å². The van der Waals surface area contributed by atoms with Crippen LogP contribution in [0.4, 0.5) is 0 Å². The average molecular weight is 264 g/mol. The van der Waals surface area contributed by atoms with Gasteiger partial charge in [0, 0.05) is 12.5 Å². The van der Waals surface area contributed by atoms with Gasteiger partial charge < -0.3 is 5.73 Å². The number of nitrogens with zero attached hydrogens (tertiary/aromatic N) is 1. The second-order valence-electron chi connectivity index (χ2n) is 5.26. The molecular formula is C15H24N2S. The van der Waals surface area contributed by atoms with Crippen LogP contribution in [0.1, 0.15) is 38.3 Å². The Kier molecular flexibility index (Phi) is 6.30. The minimum absolute atomic E-state index is 0.294. The fourth-order valence-electron chi connectivity index (χ4n) is 2.01. The highest BCUT2D eigenvalue weighted by Gasteiger charge is 2.17. The summed E-state index contributed by atoms with van der Waals surface area (Å²) in [5, 5.41) is 0. The third-order valence-corrected chi connectivity index (χ3v) is 3.34. The van der Waals surface area contributed by atoms with E-state index in [1.165, 1.54) is 12.0 Å². The first-order chi connectivity index (χ1) is 8.50. The van der Waals surface area contributed by atoms with Gasteiger partial charge >= 0.3 is 0 Å². The molecule has 1 unspecified atom stereocenters. The van der Waals surface area contributed by atoms with E-state index in [2.05, 4.69) is 50.1 Å². The highest BCUT2D eigenvalue weighted by atomic mass is 32.1. The van der Waals surface area contributed by atoms with Crippen LogP contribution in [0.2, 0.25) is 0 Å². The topological polar surface area (TPSA) is 29.3 Å². The second kappa shape index (κ2) is 7.49. The first kappa shape index (κ1) is 15.1. The van der Waals surface area contributed by atoms with E-state index in [4.69, 9.17) is 18.0 Å². The number of rotatable bonds is 7. The van der Waals surface area contributed by atoms with Gasteiger partial charge in [-0.05, 0) is 31.5 Å². The SMILES string of the molecule is CC(C)CCN(C)C(CC(N)=S)c1ccccc1. The van der Waals surface area contributed by atoms with Crippen LogP contribution in [-0.4, -0.2) is 23.5 Å². The fraction of sp³-hybridized carbons (Fsp3) is 0.533. The van der Waals surface area contributed by atoms with Crippen LogP contribution < -0.4 is 5.73 Å². The molecule has 3 heteroatoms. The normalized spacial score (nSPS) is 12.9. The molecule has 0 aliphatic heterocycles.